The van der Waals surface area contributed by atoms with Gasteiger partial charge in [-0.2, -0.15) is 0 Å². The van der Waals surface area contributed by atoms with E-state index in [9.17, 15) is 4.79 Å². The van der Waals surface area contributed by atoms with Crippen LogP contribution in [-0.4, -0.2) is 79.6 Å². The Kier molecular flexibility index (Phi) is 6.73. The molecule has 2 aliphatic heterocycles. The average Bonchev–Trinajstić information content (AvgIpc) is 2.61. The molecule has 1 amide bonds. The van der Waals surface area contributed by atoms with Crippen LogP contribution in [0.5, 0.6) is 0 Å². The zero-order valence-electron chi connectivity index (χ0n) is 14.2. The normalized spacial score (nSPS) is 20.0. The number of nitrogens with zero attached hydrogens (tertiary/aromatic N) is 3. The van der Waals surface area contributed by atoms with Crippen LogP contribution in [0.3, 0.4) is 0 Å². The maximum Gasteiger partial charge on any atom is 0.236 e. The number of anilines is 1. The summed E-state index contributed by atoms with van der Waals surface area (Å²) in [5.41, 5.74) is 8.10. The Morgan fingerprint density at radius 3 is 2.36 bits per heavy atom. The van der Waals surface area contributed by atoms with Crippen molar-refractivity contribution in [3.05, 3.63) is 26.6 Å². The number of morpholine rings is 1. The second-order valence-corrected chi connectivity index (χ2v) is 8.28. The Bertz CT molecular complexity index is 615. The third kappa shape index (κ3) is 5.17. The van der Waals surface area contributed by atoms with Gasteiger partial charge in [-0.1, -0.05) is 15.9 Å². The van der Waals surface area contributed by atoms with E-state index in [1.807, 2.05) is 11.0 Å². The van der Waals surface area contributed by atoms with Gasteiger partial charge in [0.15, 0.2) is 0 Å². The smallest absolute Gasteiger partial charge is 0.236 e. The predicted molar refractivity (Wildman–Crippen MR) is 105 cm³/mol. The van der Waals surface area contributed by atoms with Gasteiger partial charge in [0.05, 0.1) is 25.4 Å². The van der Waals surface area contributed by atoms with Gasteiger partial charge in [0.2, 0.25) is 5.91 Å². The van der Waals surface area contributed by atoms with E-state index >= 15 is 0 Å². The molecular formula is C17H24Br2N4O2. The van der Waals surface area contributed by atoms with E-state index in [0.717, 1.165) is 66.0 Å². The summed E-state index contributed by atoms with van der Waals surface area (Å²) in [7, 11) is 0. The van der Waals surface area contributed by atoms with E-state index in [-0.39, 0.29) is 5.91 Å². The molecular weight excluding hydrogens is 452 g/mol. The Morgan fingerprint density at radius 2 is 1.68 bits per heavy atom. The lowest BCUT2D eigenvalue weighted by atomic mass is 10.1. The molecule has 8 heteroatoms. The molecule has 25 heavy (non-hydrogen) atoms. The van der Waals surface area contributed by atoms with E-state index in [1.165, 1.54) is 0 Å². The van der Waals surface area contributed by atoms with E-state index in [1.54, 1.807) is 0 Å². The first-order valence-electron chi connectivity index (χ1n) is 8.56. The molecule has 0 radical (unpaired) electrons. The van der Waals surface area contributed by atoms with Crippen LogP contribution in [0.15, 0.2) is 21.1 Å². The van der Waals surface area contributed by atoms with Crippen molar-refractivity contribution in [2.45, 2.75) is 6.54 Å². The van der Waals surface area contributed by atoms with Crippen LogP contribution < -0.4 is 5.73 Å². The van der Waals surface area contributed by atoms with Crippen LogP contribution in [-0.2, 0) is 16.1 Å². The molecule has 1 aromatic rings. The van der Waals surface area contributed by atoms with Gasteiger partial charge in [-0.15, -0.1) is 0 Å². The first-order valence-corrected chi connectivity index (χ1v) is 10.1. The van der Waals surface area contributed by atoms with Crippen molar-refractivity contribution in [1.82, 2.24) is 14.7 Å². The summed E-state index contributed by atoms with van der Waals surface area (Å²) in [4.78, 5) is 18.9. The van der Waals surface area contributed by atoms with E-state index in [2.05, 4.69) is 47.7 Å². The minimum Gasteiger partial charge on any atom is -0.398 e. The van der Waals surface area contributed by atoms with Crippen molar-refractivity contribution in [2.24, 2.45) is 0 Å². The Morgan fingerprint density at radius 1 is 1.04 bits per heavy atom. The van der Waals surface area contributed by atoms with Gasteiger partial charge in [-0.05, 0) is 33.6 Å². The lowest BCUT2D eigenvalue weighted by Gasteiger charge is -2.36. The lowest BCUT2D eigenvalue weighted by Crippen LogP contribution is -2.51. The third-order valence-corrected chi connectivity index (χ3v) is 5.88. The third-order valence-electron chi connectivity index (χ3n) is 4.76. The minimum atomic E-state index is 0.219. The molecule has 0 atom stereocenters. The molecule has 1 aromatic carbocycles. The summed E-state index contributed by atoms with van der Waals surface area (Å²) in [6.07, 6.45) is 0. The van der Waals surface area contributed by atoms with Gasteiger partial charge in [-0.25, -0.2) is 0 Å². The van der Waals surface area contributed by atoms with Crippen LogP contribution in [0.1, 0.15) is 5.56 Å². The number of amides is 1. The van der Waals surface area contributed by atoms with Gasteiger partial charge in [0.1, 0.15) is 0 Å². The number of piperazine rings is 1. The molecule has 0 spiro atoms. The zero-order chi connectivity index (χ0) is 17.8. The molecule has 2 aliphatic rings. The van der Waals surface area contributed by atoms with Crippen LogP contribution in [0, 0.1) is 0 Å². The number of nitrogens with two attached hydrogens (primary N) is 1. The average molecular weight is 476 g/mol. The van der Waals surface area contributed by atoms with Crippen molar-refractivity contribution in [1.29, 1.82) is 0 Å². The maximum atomic E-state index is 12.3. The fourth-order valence-corrected chi connectivity index (χ4v) is 4.53. The number of hydrogen-bond acceptors (Lipinski definition) is 5. The van der Waals surface area contributed by atoms with Crippen LogP contribution in [0.2, 0.25) is 0 Å². The van der Waals surface area contributed by atoms with Crippen molar-refractivity contribution in [2.75, 3.05) is 64.8 Å². The van der Waals surface area contributed by atoms with E-state index in [0.29, 0.717) is 19.8 Å². The summed E-state index contributed by atoms with van der Waals surface area (Å²) < 4.78 is 7.25. The van der Waals surface area contributed by atoms with Gasteiger partial charge in [-0.3, -0.25) is 14.6 Å². The highest BCUT2D eigenvalue weighted by molar-refractivity contribution is 9.11. The van der Waals surface area contributed by atoms with Gasteiger partial charge >= 0.3 is 0 Å². The van der Waals surface area contributed by atoms with Crippen molar-refractivity contribution in [3.63, 3.8) is 0 Å². The highest BCUT2D eigenvalue weighted by atomic mass is 79.9. The number of ether oxygens (including phenoxy) is 1. The number of halogens is 2. The minimum absolute atomic E-state index is 0.219. The SMILES string of the molecule is Nc1c(Br)cc(Br)cc1CN1CCN(CC(=O)N2CCOCC2)CC1. The van der Waals surface area contributed by atoms with Crippen molar-refractivity contribution < 1.29 is 9.53 Å². The first-order chi connectivity index (χ1) is 12.0. The zero-order valence-corrected chi connectivity index (χ0v) is 17.4. The largest absolute Gasteiger partial charge is 0.398 e. The number of carbonyl (C=O) groups excluding carboxylic acids is 1. The Labute approximate surface area is 165 Å². The van der Waals surface area contributed by atoms with Crippen LogP contribution in [0.4, 0.5) is 5.69 Å². The molecule has 6 nitrogen and oxygen atoms in total. The van der Waals surface area contributed by atoms with Crippen LogP contribution in [0.25, 0.3) is 0 Å². The molecule has 0 aromatic heterocycles. The topological polar surface area (TPSA) is 62.0 Å². The summed E-state index contributed by atoms with van der Waals surface area (Å²) >= 11 is 7.03. The lowest BCUT2D eigenvalue weighted by molar-refractivity contribution is -0.136. The molecule has 2 N–H and O–H groups in total. The number of rotatable bonds is 4. The number of benzene rings is 1. The molecule has 138 valence electrons. The maximum absolute atomic E-state index is 12.3. The van der Waals surface area contributed by atoms with Crippen molar-refractivity contribution >= 4 is 43.5 Å². The second-order valence-electron chi connectivity index (χ2n) is 6.51. The fraction of sp³-hybridized carbons (Fsp3) is 0.588. The molecule has 0 saturated carbocycles. The van der Waals surface area contributed by atoms with Crippen LogP contribution >= 0.6 is 31.9 Å². The molecule has 2 fully saturated rings. The molecule has 3 rings (SSSR count). The number of hydrogen-bond donors (Lipinski definition) is 1. The molecule has 2 saturated heterocycles. The fourth-order valence-electron chi connectivity index (χ4n) is 3.22. The summed E-state index contributed by atoms with van der Waals surface area (Å²) in [5, 5.41) is 0. The number of carbonyl (C=O) groups is 1. The molecule has 0 unspecified atom stereocenters. The molecule has 0 bridgehead atoms. The van der Waals surface area contributed by atoms with Gasteiger partial charge in [0, 0.05) is 54.8 Å². The number of nitrogen functional groups attached to an aromatic ring is 1. The van der Waals surface area contributed by atoms with Gasteiger partial charge < -0.3 is 15.4 Å². The van der Waals surface area contributed by atoms with E-state index in [4.69, 9.17) is 10.5 Å². The molecule has 2 heterocycles. The standard InChI is InChI=1S/C17H24Br2N4O2/c18-14-9-13(17(20)15(19)10-14)11-21-1-3-22(4-2-21)12-16(24)23-5-7-25-8-6-23/h9-10H,1-8,11-12,20H2. The highest BCUT2D eigenvalue weighted by Gasteiger charge is 2.23. The first kappa shape index (κ1) is 19.1. The van der Waals surface area contributed by atoms with Crippen molar-refractivity contribution in [3.8, 4) is 0 Å². The second kappa shape index (κ2) is 8.81. The monoisotopic (exact) mass is 474 g/mol. The quantitative estimate of drug-likeness (QED) is 0.672. The Hall–Kier alpha value is -0.670. The molecule has 0 aliphatic carbocycles. The summed E-state index contributed by atoms with van der Waals surface area (Å²) in [5.74, 6) is 0.219. The Balaban J connectivity index is 1.48. The summed E-state index contributed by atoms with van der Waals surface area (Å²) in [6.45, 7) is 7.79. The van der Waals surface area contributed by atoms with Gasteiger partial charge in [0.25, 0.3) is 0 Å². The van der Waals surface area contributed by atoms with E-state index < -0.39 is 0 Å². The predicted octanol–water partition coefficient (Wildman–Crippen LogP) is 1.77. The highest BCUT2D eigenvalue weighted by Crippen LogP contribution is 2.29. The summed E-state index contributed by atoms with van der Waals surface area (Å²) in [6, 6.07) is 4.04.